The monoisotopic (exact) mass is 383 g/mol. The first-order valence-corrected chi connectivity index (χ1v) is 9.18. The van der Waals surface area contributed by atoms with Crippen molar-refractivity contribution in [1.29, 1.82) is 0 Å². The van der Waals surface area contributed by atoms with Gasteiger partial charge in [-0.05, 0) is 59.7 Å². The lowest BCUT2D eigenvalue weighted by Crippen LogP contribution is -2.10. The smallest absolute Gasteiger partial charge is 0.291 e. The maximum absolute atomic E-state index is 13.0. The number of benzene rings is 3. The Morgan fingerprint density at radius 2 is 1.41 bits per heavy atom. The Morgan fingerprint density at radius 3 is 2.10 bits per heavy atom. The lowest BCUT2D eigenvalue weighted by atomic mass is 10.1. The summed E-state index contributed by atoms with van der Waals surface area (Å²) in [6, 6.07) is 26.8. The van der Waals surface area contributed by atoms with Gasteiger partial charge in [0.15, 0.2) is 5.76 Å². The Balaban J connectivity index is 1.41. The highest BCUT2D eigenvalue weighted by molar-refractivity contribution is 6.02. The molecule has 1 amide bonds. The van der Waals surface area contributed by atoms with Crippen molar-refractivity contribution in [2.24, 2.45) is 0 Å². The van der Waals surface area contributed by atoms with E-state index in [1.165, 1.54) is 12.1 Å². The van der Waals surface area contributed by atoms with Gasteiger partial charge in [-0.3, -0.25) is 4.79 Å². The number of carbonyl (C=O) groups excluding carboxylic acids is 1. The first-order chi connectivity index (χ1) is 14.2. The van der Waals surface area contributed by atoms with E-state index in [1.807, 2.05) is 66.7 Å². The van der Waals surface area contributed by atoms with Gasteiger partial charge in [0.1, 0.15) is 11.6 Å². The van der Waals surface area contributed by atoms with Crippen molar-refractivity contribution >= 4 is 23.7 Å². The predicted molar refractivity (Wildman–Crippen MR) is 114 cm³/mol. The van der Waals surface area contributed by atoms with Gasteiger partial charge in [0.25, 0.3) is 5.91 Å². The number of anilines is 1. The first-order valence-electron chi connectivity index (χ1n) is 9.18. The molecule has 0 aliphatic rings. The highest BCUT2D eigenvalue weighted by atomic mass is 19.1. The van der Waals surface area contributed by atoms with Gasteiger partial charge in [0, 0.05) is 11.3 Å². The third kappa shape index (κ3) is 4.68. The highest BCUT2D eigenvalue weighted by Crippen LogP contribution is 2.23. The van der Waals surface area contributed by atoms with Crippen molar-refractivity contribution in [3.63, 3.8) is 0 Å². The van der Waals surface area contributed by atoms with E-state index in [1.54, 1.807) is 24.3 Å². The molecule has 3 nitrogen and oxygen atoms in total. The highest BCUT2D eigenvalue weighted by Gasteiger charge is 2.12. The normalized spacial score (nSPS) is 10.9. The summed E-state index contributed by atoms with van der Waals surface area (Å²) in [5.41, 5.74) is 3.54. The van der Waals surface area contributed by atoms with Crippen LogP contribution in [0.2, 0.25) is 0 Å². The Bertz CT molecular complexity index is 1130. The summed E-state index contributed by atoms with van der Waals surface area (Å²) >= 11 is 0. The van der Waals surface area contributed by atoms with E-state index < -0.39 is 0 Å². The minimum absolute atomic E-state index is 0.192. The third-order valence-corrected chi connectivity index (χ3v) is 4.39. The molecule has 0 atom stereocenters. The largest absolute Gasteiger partial charge is 0.451 e. The number of amides is 1. The van der Waals surface area contributed by atoms with Crippen LogP contribution in [0.15, 0.2) is 95.4 Å². The second-order valence-electron chi connectivity index (χ2n) is 6.49. The van der Waals surface area contributed by atoms with Crippen LogP contribution in [0.4, 0.5) is 10.1 Å². The van der Waals surface area contributed by atoms with Crippen LogP contribution in [0.1, 0.15) is 21.7 Å². The van der Waals surface area contributed by atoms with Gasteiger partial charge in [-0.1, -0.05) is 54.6 Å². The lowest BCUT2D eigenvalue weighted by Gasteiger charge is -2.04. The molecule has 29 heavy (non-hydrogen) atoms. The zero-order chi connectivity index (χ0) is 20.1. The molecule has 1 heterocycles. The number of hydrogen-bond acceptors (Lipinski definition) is 2. The van der Waals surface area contributed by atoms with E-state index >= 15 is 0 Å². The molecule has 0 unspecified atom stereocenters. The van der Waals surface area contributed by atoms with Crippen LogP contribution in [-0.2, 0) is 0 Å². The number of nitrogens with one attached hydrogen (secondary N) is 1. The fourth-order valence-electron chi connectivity index (χ4n) is 2.86. The van der Waals surface area contributed by atoms with E-state index in [2.05, 4.69) is 5.32 Å². The van der Waals surface area contributed by atoms with E-state index in [9.17, 15) is 9.18 Å². The van der Waals surface area contributed by atoms with Crippen LogP contribution in [0.5, 0.6) is 0 Å². The molecule has 4 heteroatoms. The van der Waals surface area contributed by atoms with Crippen LogP contribution in [0.25, 0.3) is 23.5 Å². The summed E-state index contributed by atoms with van der Waals surface area (Å²) in [7, 11) is 0. The molecule has 0 saturated heterocycles. The van der Waals surface area contributed by atoms with Crippen molar-refractivity contribution in [3.05, 3.63) is 114 Å². The van der Waals surface area contributed by atoms with E-state index in [0.29, 0.717) is 17.0 Å². The van der Waals surface area contributed by atoms with Crippen LogP contribution >= 0.6 is 0 Å². The zero-order valence-corrected chi connectivity index (χ0v) is 15.5. The molecule has 0 spiro atoms. The van der Waals surface area contributed by atoms with Crippen molar-refractivity contribution in [3.8, 4) is 11.3 Å². The van der Waals surface area contributed by atoms with Crippen molar-refractivity contribution in [1.82, 2.24) is 0 Å². The maximum atomic E-state index is 13.0. The summed E-state index contributed by atoms with van der Waals surface area (Å²) in [5, 5.41) is 2.82. The lowest BCUT2D eigenvalue weighted by molar-refractivity contribution is 0.0997. The molecule has 142 valence electrons. The van der Waals surface area contributed by atoms with Gasteiger partial charge in [0.2, 0.25) is 0 Å². The third-order valence-electron chi connectivity index (χ3n) is 4.39. The SMILES string of the molecule is O=C(Nc1ccc(C=Cc2ccccc2)cc1)c1ccc(-c2ccc(F)cc2)o1. The fourth-order valence-corrected chi connectivity index (χ4v) is 2.86. The molecule has 0 aliphatic heterocycles. The van der Waals surface area contributed by atoms with E-state index in [-0.39, 0.29) is 17.5 Å². The number of furan rings is 1. The molecule has 0 radical (unpaired) electrons. The average molecular weight is 383 g/mol. The summed E-state index contributed by atoms with van der Waals surface area (Å²) in [4.78, 5) is 12.4. The topological polar surface area (TPSA) is 42.2 Å². The minimum atomic E-state index is -0.342. The van der Waals surface area contributed by atoms with Crippen LogP contribution < -0.4 is 5.32 Å². The minimum Gasteiger partial charge on any atom is -0.451 e. The van der Waals surface area contributed by atoms with Gasteiger partial charge in [-0.2, -0.15) is 0 Å². The zero-order valence-electron chi connectivity index (χ0n) is 15.5. The number of halogens is 1. The van der Waals surface area contributed by atoms with E-state index in [0.717, 1.165) is 11.1 Å². The van der Waals surface area contributed by atoms with Gasteiger partial charge in [0.05, 0.1) is 0 Å². The second-order valence-corrected chi connectivity index (χ2v) is 6.49. The van der Waals surface area contributed by atoms with Crippen molar-refractivity contribution in [2.45, 2.75) is 0 Å². The predicted octanol–water partition coefficient (Wildman–Crippen LogP) is 6.51. The molecule has 0 aliphatic carbocycles. The van der Waals surface area contributed by atoms with Gasteiger partial charge in [-0.25, -0.2) is 4.39 Å². The summed E-state index contributed by atoms with van der Waals surface area (Å²) < 4.78 is 18.7. The van der Waals surface area contributed by atoms with Crippen LogP contribution in [-0.4, -0.2) is 5.91 Å². The maximum Gasteiger partial charge on any atom is 0.291 e. The molecular weight excluding hydrogens is 365 g/mol. The molecule has 1 N–H and O–H groups in total. The number of carbonyl (C=O) groups is 1. The Morgan fingerprint density at radius 1 is 0.759 bits per heavy atom. The van der Waals surface area contributed by atoms with Crippen LogP contribution in [0.3, 0.4) is 0 Å². The van der Waals surface area contributed by atoms with E-state index in [4.69, 9.17) is 4.42 Å². The van der Waals surface area contributed by atoms with Gasteiger partial charge < -0.3 is 9.73 Å². The van der Waals surface area contributed by atoms with Crippen LogP contribution in [0, 0.1) is 5.82 Å². The summed E-state index contributed by atoms with van der Waals surface area (Å²) in [6.07, 6.45) is 4.05. The molecule has 3 aromatic carbocycles. The quantitative estimate of drug-likeness (QED) is 0.399. The van der Waals surface area contributed by atoms with Crippen molar-refractivity contribution in [2.75, 3.05) is 5.32 Å². The Labute approximate surface area is 168 Å². The fraction of sp³-hybridized carbons (Fsp3) is 0. The molecule has 0 fully saturated rings. The van der Waals surface area contributed by atoms with Gasteiger partial charge >= 0.3 is 0 Å². The summed E-state index contributed by atoms with van der Waals surface area (Å²) in [5.74, 6) is 0.0418. The Kier molecular flexibility index (Phi) is 5.34. The standard InChI is InChI=1S/C25H18FNO2/c26-21-12-10-20(11-13-21)23-16-17-24(29-23)25(28)27-22-14-8-19(9-15-22)7-6-18-4-2-1-3-5-18/h1-17H,(H,27,28). The molecule has 4 aromatic rings. The number of rotatable bonds is 5. The first kappa shape index (κ1) is 18.4. The van der Waals surface area contributed by atoms with Crippen molar-refractivity contribution < 1.29 is 13.6 Å². The second kappa shape index (κ2) is 8.40. The Hall–Kier alpha value is -3.92. The van der Waals surface area contributed by atoms with Gasteiger partial charge in [-0.15, -0.1) is 0 Å². The molecule has 1 aromatic heterocycles. The number of hydrogen-bond donors (Lipinski definition) is 1. The molecular formula is C25H18FNO2. The molecule has 4 rings (SSSR count). The summed E-state index contributed by atoms with van der Waals surface area (Å²) in [6.45, 7) is 0. The molecule has 0 saturated carbocycles. The molecule has 0 bridgehead atoms. The average Bonchev–Trinajstić information content (AvgIpc) is 3.25.